The molecular weight excluding hydrogens is 182 g/mol. The summed E-state index contributed by atoms with van der Waals surface area (Å²) >= 11 is 0. The number of ether oxygens (including phenoxy) is 1. The maximum Gasteiger partial charge on any atom is 0.318 e. The molecule has 0 spiro atoms. The van der Waals surface area contributed by atoms with E-state index < -0.39 is 0 Å². The highest BCUT2D eigenvalue weighted by molar-refractivity contribution is 5.95. The lowest BCUT2D eigenvalue weighted by Gasteiger charge is -2.34. The van der Waals surface area contributed by atoms with E-state index >= 15 is 0 Å². The summed E-state index contributed by atoms with van der Waals surface area (Å²) in [7, 11) is 2.01. The van der Waals surface area contributed by atoms with Gasteiger partial charge in [-0.25, -0.2) is 0 Å². The molecule has 2 aliphatic rings. The molecule has 0 aromatic carbocycles. The summed E-state index contributed by atoms with van der Waals surface area (Å²) in [4.78, 5) is 24.5. The highest BCUT2D eigenvalue weighted by Crippen LogP contribution is 2.28. The molecule has 0 saturated carbocycles. The number of carbonyl (C=O) groups is 2. The molecule has 0 aromatic rings. The van der Waals surface area contributed by atoms with Gasteiger partial charge in [0.15, 0.2) is 0 Å². The fraction of sp³-hybridized carbons (Fsp3) is 0.800. The minimum Gasteiger partial charge on any atom is -0.393 e. The Balaban J connectivity index is 2.06. The zero-order valence-electron chi connectivity index (χ0n) is 8.36. The summed E-state index contributed by atoms with van der Waals surface area (Å²) < 4.78 is 4.57. The van der Waals surface area contributed by atoms with E-state index in [2.05, 4.69) is 9.64 Å². The van der Waals surface area contributed by atoms with Crippen molar-refractivity contribution in [2.75, 3.05) is 13.6 Å². The summed E-state index contributed by atoms with van der Waals surface area (Å²) in [6.45, 7) is 1.02. The van der Waals surface area contributed by atoms with E-state index in [1.54, 1.807) is 0 Å². The molecular formula is C10H15NO3. The third-order valence-corrected chi connectivity index (χ3v) is 3.20. The van der Waals surface area contributed by atoms with Gasteiger partial charge in [-0.1, -0.05) is 6.42 Å². The molecule has 0 aliphatic carbocycles. The van der Waals surface area contributed by atoms with Crippen molar-refractivity contribution in [3.63, 3.8) is 0 Å². The van der Waals surface area contributed by atoms with Crippen molar-refractivity contribution in [3.8, 4) is 0 Å². The van der Waals surface area contributed by atoms with Crippen LogP contribution in [0.25, 0.3) is 0 Å². The van der Waals surface area contributed by atoms with Crippen LogP contribution < -0.4 is 0 Å². The number of cyclic esters (lactones) is 2. The molecule has 2 unspecified atom stereocenters. The topological polar surface area (TPSA) is 46.6 Å². The molecule has 2 aliphatic heterocycles. The van der Waals surface area contributed by atoms with Gasteiger partial charge in [0.05, 0.1) is 12.3 Å². The van der Waals surface area contributed by atoms with E-state index in [9.17, 15) is 9.59 Å². The second-order valence-electron chi connectivity index (χ2n) is 4.15. The number of likely N-dealkylation sites (tertiary alicyclic amines) is 1. The third kappa shape index (κ3) is 1.66. The number of carbonyl (C=O) groups excluding carboxylic acids is 2. The summed E-state index contributed by atoms with van der Waals surface area (Å²) in [5.74, 6) is -0.902. The Morgan fingerprint density at radius 3 is 2.71 bits per heavy atom. The van der Waals surface area contributed by atoms with Gasteiger partial charge >= 0.3 is 11.9 Å². The maximum atomic E-state index is 11.4. The third-order valence-electron chi connectivity index (χ3n) is 3.20. The van der Waals surface area contributed by atoms with Crippen molar-refractivity contribution in [1.29, 1.82) is 0 Å². The van der Waals surface area contributed by atoms with Gasteiger partial charge in [-0.05, 0) is 26.4 Å². The van der Waals surface area contributed by atoms with Crippen LogP contribution in [0.4, 0.5) is 0 Å². The molecule has 2 saturated heterocycles. The van der Waals surface area contributed by atoms with Gasteiger partial charge in [0, 0.05) is 6.04 Å². The molecule has 0 bridgehead atoms. The number of hydrogen-bond acceptors (Lipinski definition) is 4. The van der Waals surface area contributed by atoms with E-state index in [0.29, 0.717) is 0 Å². The molecule has 0 aromatic heterocycles. The van der Waals surface area contributed by atoms with Gasteiger partial charge in [0.1, 0.15) is 0 Å². The van der Waals surface area contributed by atoms with Crippen molar-refractivity contribution >= 4 is 11.9 Å². The zero-order chi connectivity index (χ0) is 10.1. The van der Waals surface area contributed by atoms with Crippen LogP contribution >= 0.6 is 0 Å². The normalized spacial score (nSPS) is 34.6. The highest BCUT2D eigenvalue weighted by atomic mass is 16.6. The Morgan fingerprint density at radius 1 is 1.36 bits per heavy atom. The van der Waals surface area contributed by atoms with E-state index in [1.807, 2.05) is 7.05 Å². The van der Waals surface area contributed by atoms with Crippen molar-refractivity contribution in [2.45, 2.75) is 31.7 Å². The lowest BCUT2D eigenvalue weighted by molar-refractivity contribution is -0.153. The smallest absolute Gasteiger partial charge is 0.318 e. The van der Waals surface area contributed by atoms with Crippen LogP contribution in [0.3, 0.4) is 0 Å². The maximum absolute atomic E-state index is 11.4. The van der Waals surface area contributed by atoms with Gasteiger partial charge in [-0.3, -0.25) is 9.59 Å². The fourth-order valence-corrected chi connectivity index (χ4v) is 2.39. The standard InChI is InChI=1S/C10H15NO3/c1-11-5-3-2-4-8(11)7-6-9(12)14-10(7)13/h7-8H,2-6H2,1H3. The molecule has 2 rings (SSSR count). The van der Waals surface area contributed by atoms with Crippen molar-refractivity contribution in [1.82, 2.24) is 4.90 Å². The number of piperidine rings is 1. The van der Waals surface area contributed by atoms with Crippen LogP contribution in [0.2, 0.25) is 0 Å². The van der Waals surface area contributed by atoms with Crippen LogP contribution in [0.15, 0.2) is 0 Å². The van der Waals surface area contributed by atoms with Gasteiger partial charge < -0.3 is 9.64 Å². The minimum absolute atomic E-state index is 0.211. The zero-order valence-corrected chi connectivity index (χ0v) is 8.36. The summed E-state index contributed by atoms with van der Waals surface area (Å²) in [6.07, 6.45) is 3.60. The summed E-state index contributed by atoms with van der Waals surface area (Å²) in [5.41, 5.74) is 0. The fourth-order valence-electron chi connectivity index (χ4n) is 2.39. The van der Waals surface area contributed by atoms with Gasteiger partial charge in [0.2, 0.25) is 0 Å². The molecule has 0 radical (unpaired) electrons. The second-order valence-corrected chi connectivity index (χ2v) is 4.15. The van der Waals surface area contributed by atoms with Crippen LogP contribution in [0.1, 0.15) is 25.7 Å². The van der Waals surface area contributed by atoms with Crippen molar-refractivity contribution in [2.24, 2.45) is 5.92 Å². The second kappa shape index (κ2) is 3.69. The Morgan fingerprint density at radius 2 is 2.14 bits per heavy atom. The SMILES string of the molecule is CN1CCCCC1C1CC(=O)OC1=O. The number of nitrogens with zero attached hydrogens (tertiary/aromatic N) is 1. The Hall–Kier alpha value is -0.900. The average Bonchev–Trinajstić information content (AvgIpc) is 2.46. The predicted octanol–water partition coefficient (Wildman–Crippen LogP) is 0.560. The first kappa shape index (κ1) is 9.65. The van der Waals surface area contributed by atoms with E-state index in [-0.39, 0.29) is 30.3 Å². The van der Waals surface area contributed by atoms with Crippen LogP contribution in [0.5, 0.6) is 0 Å². The Kier molecular flexibility index (Phi) is 2.54. The molecule has 4 heteroatoms. The number of hydrogen-bond donors (Lipinski definition) is 0. The van der Waals surface area contributed by atoms with Crippen LogP contribution in [-0.4, -0.2) is 36.5 Å². The highest BCUT2D eigenvalue weighted by Gasteiger charge is 2.41. The summed E-state index contributed by atoms with van der Waals surface area (Å²) in [5, 5.41) is 0. The van der Waals surface area contributed by atoms with Crippen LogP contribution in [-0.2, 0) is 14.3 Å². The Labute approximate surface area is 83.2 Å². The van der Waals surface area contributed by atoms with Crippen LogP contribution in [0, 0.1) is 5.92 Å². The molecule has 78 valence electrons. The molecule has 2 fully saturated rings. The predicted molar refractivity (Wildman–Crippen MR) is 49.5 cm³/mol. The van der Waals surface area contributed by atoms with E-state index in [4.69, 9.17) is 0 Å². The van der Waals surface area contributed by atoms with Gasteiger partial charge in [0.25, 0.3) is 0 Å². The average molecular weight is 197 g/mol. The van der Waals surface area contributed by atoms with Gasteiger partial charge in [-0.15, -0.1) is 0 Å². The van der Waals surface area contributed by atoms with E-state index in [0.717, 1.165) is 19.4 Å². The number of esters is 2. The molecule has 4 nitrogen and oxygen atoms in total. The first-order valence-electron chi connectivity index (χ1n) is 5.13. The number of rotatable bonds is 1. The molecule has 14 heavy (non-hydrogen) atoms. The van der Waals surface area contributed by atoms with Gasteiger partial charge in [-0.2, -0.15) is 0 Å². The largest absolute Gasteiger partial charge is 0.393 e. The van der Waals surface area contributed by atoms with Crippen molar-refractivity contribution < 1.29 is 14.3 Å². The molecule has 0 amide bonds. The minimum atomic E-state index is -0.362. The Bertz CT molecular complexity index is 264. The molecule has 2 atom stereocenters. The van der Waals surface area contributed by atoms with Crippen molar-refractivity contribution in [3.05, 3.63) is 0 Å². The first-order chi connectivity index (χ1) is 6.68. The molecule has 0 N–H and O–H groups in total. The lowest BCUT2D eigenvalue weighted by Crippen LogP contribution is -2.43. The summed E-state index contributed by atoms with van der Waals surface area (Å²) in [6, 6.07) is 0.211. The monoisotopic (exact) mass is 197 g/mol. The quantitative estimate of drug-likeness (QED) is 0.455. The lowest BCUT2D eigenvalue weighted by atomic mass is 9.90. The first-order valence-corrected chi connectivity index (χ1v) is 5.13. The molecule has 2 heterocycles. The van der Waals surface area contributed by atoms with E-state index in [1.165, 1.54) is 6.42 Å².